The molecule has 1 atom stereocenters. The van der Waals surface area contributed by atoms with E-state index in [1.807, 2.05) is 0 Å². The average Bonchev–Trinajstić information content (AvgIpc) is 3.22. The van der Waals surface area contributed by atoms with Crippen molar-refractivity contribution in [3.05, 3.63) is 29.7 Å². The molecule has 1 saturated heterocycles. The lowest BCUT2D eigenvalue weighted by Gasteiger charge is -2.36. The van der Waals surface area contributed by atoms with Crippen LogP contribution >= 0.6 is 0 Å². The Kier molecular flexibility index (Phi) is 9.97. The number of esters is 1. The SMILES string of the molecule is CCCCCCCCC(C(=O)OCCCC)N1CCC(c2noc3cc(F)ccc23)CC1. The lowest BCUT2D eigenvalue weighted by atomic mass is 9.90. The highest BCUT2D eigenvalue weighted by atomic mass is 19.1. The van der Waals surface area contributed by atoms with Crippen LogP contribution in [0.3, 0.4) is 0 Å². The number of ether oxygens (including phenoxy) is 1. The highest BCUT2D eigenvalue weighted by Crippen LogP contribution is 2.34. The maximum Gasteiger partial charge on any atom is 0.323 e. The molecule has 2 heterocycles. The van der Waals surface area contributed by atoms with Crippen LogP contribution in [0.2, 0.25) is 0 Å². The first-order valence-corrected chi connectivity index (χ1v) is 12.6. The summed E-state index contributed by atoms with van der Waals surface area (Å²) in [6.45, 7) is 6.52. The van der Waals surface area contributed by atoms with E-state index in [-0.39, 0.29) is 23.7 Å². The van der Waals surface area contributed by atoms with Crippen molar-refractivity contribution in [3.63, 3.8) is 0 Å². The van der Waals surface area contributed by atoms with Crippen molar-refractivity contribution in [3.8, 4) is 0 Å². The van der Waals surface area contributed by atoms with Gasteiger partial charge in [0.2, 0.25) is 0 Å². The first-order valence-electron chi connectivity index (χ1n) is 12.6. The number of carbonyl (C=O) groups is 1. The number of hydrogen-bond acceptors (Lipinski definition) is 5. The van der Waals surface area contributed by atoms with Gasteiger partial charge in [0.15, 0.2) is 5.58 Å². The van der Waals surface area contributed by atoms with Crippen LogP contribution in [0.5, 0.6) is 0 Å². The summed E-state index contributed by atoms with van der Waals surface area (Å²) in [4.78, 5) is 15.2. The monoisotopic (exact) mass is 446 g/mol. The molecule has 32 heavy (non-hydrogen) atoms. The fraction of sp³-hybridized carbons (Fsp3) is 0.692. The summed E-state index contributed by atoms with van der Waals surface area (Å²) in [5.41, 5.74) is 1.42. The van der Waals surface area contributed by atoms with Gasteiger partial charge in [-0.05, 0) is 50.9 Å². The molecule has 1 fully saturated rings. The summed E-state index contributed by atoms with van der Waals surface area (Å²) in [6, 6.07) is 4.46. The number of fused-ring (bicyclic) bond motifs is 1. The molecule has 1 aliphatic rings. The Morgan fingerprint density at radius 3 is 2.59 bits per heavy atom. The standard InChI is InChI=1S/C26H39FN2O3/c1-3-5-7-8-9-10-11-23(26(30)31-18-6-4-2)29-16-14-20(15-17-29)25-22-13-12-21(27)19-24(22)32-28-25/h12-13,19-20,23H,3-11,14-18H2,1-2H3. The molecule has 0 amide bonds. The molecule has 178 valence electrons. The number of likely N-dealkylation sites (tertiary alicyclic amines) is 1. The van der Waals surface area contributed by atoms with Gasteiger partial charge in [-0.1, -0.05) is 63.9 Å². The Morgan fingerprint density at radius 2 is 1.84 bits per heavy atom. The summed E-state index contributed by atoms with van der Waals surface area (Å²) in [5.74, 6) is -0.106. The molecule has 2 aromatic rings. The molecule has 1 aromatic heterocycles. The second kappa shape index (κ2) is 12.9. The van der Waals surface area contributed by atoms with Crippen LogP contribution in [0.25, 0.3) is 11.0 Å². The minimum atomic E-state index is -0.311. The quantitative estimate of drug-likeness (QED) is 0.256. The largest absolute Gasteiger partial charge is 0.465 e. The Labute approximate surface area is 191 Å². The lowest BCUT2D eigenvalue weighted by Crippen LogP contribution is -2.46. The predicted octanol–water partition coefficient (Wildman–Crippen LogP) is 6.61. The number of carbonyl (C=O) groups excluding carboxylic acids is 1. The third kappa shape index (κ3) is 6.77. The molecule has 5 nitrogen and oxygen atoms in total. The molecule has 0 radical (unpaired) electrons. The minimum absolute atomic E-state index is 0.0622. The molecule has 0 N–H and O–H groups in total. The van der Waals surface area contributed by atoms with Crippen molar-refractivity contribution < 1.29 is 18.4 Å². The highest BCUT2D eigenvalue weighted by molar-refractivity contribution is 5.80. The molecule has 0 bridgehead atoms. The maximum absolute atomic E-state index is 13.5. The van der Waals surface area contributed by atoms with E-state index in [1.54, 1.807) is 6.07 Å². The van der Waals surface area contributed by atoms with Gasteiger partial charge in [-0.25, -0.2) is 4.39 Å². The number of halogens is 1. The highest BCUT2D eigenvalue weighted by Gasteiger charge is 2.32. The predicted molar refractivity (Wildman–Crippen MR) is 125 cm³/mol. The van der Waals surface area contributed by atoms with E-state index in [1.165, 1.54) is 44.2 Å². The fourth-order valence-electron chi connectivity index (χ4n) is 4.69. The van der Waals surface area contributed by atoms with Crippen LogP contribution in [0, 0.1) is 5.82 Å². The van der Waals surface area contributed by atoms with Crippen molar-refractivity contribution in [2.75, 3.05) is 19.7 Å². The molecule has 0 saturated carbocycles. The van der Waals surface area contributed by atoms with E-state index < -0.39 is 0 Å². The second-order valence-corrected chi connectivity index (χ2v) is 9.11. The number of unbranched alkanes of at least 4 members (excludes halogenated alkanes) is 6. The fourth-order valence-corrected chi connectivity index (χ4v) is 4.69. The topological polar surface area (TPSA) is 55.6 Å². The number of nitrogens with zero attached hydrogens (tertiary/aromatic N) is 2. The number of hydrogen-bond donors (Lipinski definition) is 0. The molecular weight excluding hydrogens is 407 g/mol. The van der Waals surface area contributed by atoms with Gasteiger partial charge in [0.05, 0.1) is 12.3 Å². The van der Waals surface area contributed by atoms with E-state index in [0.717, 1.165) is 62.7 Å². The van der Waals surface area contributed by atoms with E-state index in [9.17, 15) is 9.18 Å². The van der Waals surface area contributed by atoms with Gasteiger partial charge < -0.3 is 9.26 Å². The van der Waals surface area contributed by atoms with Crippen molar-refractivity contribution >= 4 is 16.9 Å². The van der Waals surface area contributed by atoms with E-state index >= 15 is 0 Å². The Hall–Kier alpha value is -1.95. The summed E-state index contributed by atoms with van der Waals surface area (Å²) >= 11 is 0. The van der Waals surface area contributed by atoms with Gasteiger partial charge in [-0.15, -0.1) is 0 Å². The molecule has 6 heteroatoms. The van der Waals surface area contributed by atoms with E-state index in [2.05, 4.69) is 23.9 Å². The Morgan fingerprint density at radius 1 is 1.12 bits per heavy atom. The van der Waals surface area contributed by atoms with Crippen LogP contribution in [0.1, 0.15) is 96.1 Å². The molecule has 1 aromatic carbocycles. The number of benzene rings is 1. The lowest BCUT2D eigenvalue weighted by molar-refractivity contribution is -0.151. The molecule has 0 aliphatic carbocycles. The zero-order valence-electron chi connectivity index (χ0n) is 19.8. The molecule has 3 rings (SSSR count). The third-order valence-corrected chi connectivity index (χ3v) is 6.66. The van der Waals surface area contributed by atoms with Gasteiger partial charge in [-0.3, -0.25) is 9.69 Å². The van der Waals surface area contributed by atoms with Crippen molar-refractivity contribution in [2.24, 2.45) is 0 Å². The Balaban J connectivity index is 1.57. The Bertz CT molecular complexity index is 830. The van der Waals surface area contributed by atoms with Crippen molar-refractivity contribution in [2.45, 2.75) is 96.4 Å². The number of rotatable bonds is 13. The minimum Gasteiger partial charge on any atom is -0.465 e. The van der Waals surface area contributed by atoms with Gasteiger partial charge in [0, 0.05) is 17.4 Å². The first kappa shape index (κ1) is 24.7. The third-order valence-electron chi connectivity index (χ3n) is 6.66. The van der Waals surface area contributed by atoms with E-state index in [4.69, 9.17) is 9.26 Å². The number of aromatic nitrogens is 1. The number of piperidine rings is 1. The van der Waals surface area contributed by atoms with Crippen LogP contribution in [-0.4, -0.2) is 41.8 Å². The summed E-state index contributed by atoms with van der Waals surface area (Å²) in [7, 11) is 0. The van der Waals surface area contributed by atoms with E-state index in [0.29, 0.717) is 12.2 Å². The van der Waals surface area contributed by atoms with Gasteiger partial charge >= 0.3 is 5.97 Å². The van der Waals surface area contributed by atoms with Gasteiger partial charge in [-0.2, -0.15) is 0 Å². The zero-order chi connectivity index (χ0) is 22.8. The first-order chi connectivity index (χ1) is 15.6. The zero-order valence-corrected chi connectivity index (χ0v) is 19.8. The normalized spacial score (nSPS) is 16.5. The smallest absolute Gasteiger partial charge is 0.323 e. The van der Waals surface area contributed by atoms with Crippen molar-refractivity contribution in [1.82, 2.24) is 10.1 Å². The van der Waals surface area contributed by atoms with Crippen molar-refractivity contribution in [1.29, 1.82) is 0 Å². The van der Waals surface area contributed by atoms with Crippen LogP contribution in [0.4, 0.5) is 4.39 Å². The van der Waals surface area contributed by atoms with Gasteiger partial charge in [0.25, 0.3) is 0 Å². The van der Waals surface area contributed by atoms with Crippen LogP contribution in [-0.2, 0) is 9.53 Å². The molecular formula is C26H39FN2O3. The summed E-state index contributed by atoms with van der Waals surface area (Å²) < 4.78 is 24.4. The van der Waals surface area contributed by atoms with Gasteiger partial charge in [0.1, 0.15) is 11.9 Å². The van der Waals surface area contributed by atoms with Crippen LogP contribution < -0.4 is 0 Å². The molecule has 1 unspecified atom stereocenters. The summed E-state index contributed by atoms with van der Waals surface area (Å²) in [6.07, 6.45) is 11.9. The summed E-state index contributed by atoms with van der Waals surface area (Å²) in [5, 5.41) is 5.14. The molecule has 0 spiro atoms. The molecule has 1 aliphatic heterocycles. The van der Waals surface area contributed by atoms with Crippen LogP contribution in [0.15, 0.2) is 22.7 Å². The second-order valence-electron chi connectivity index (χ2n) is 9.11. The average molecular weight is 447 g/mol. The maximum atomic E-state index is 13.5.